The van der Waals surface area contributed by atoms with Gasteiger partial charge in [0.1, 0.15) is 0 Å². The van der Waals surface area contributed by atoms with Gasteiger partial charge >= 0.3 is 0 Å². The number of rotatable bonds is 5. The molecule has 1 aromatic rings. The number of carbonyl (C=O) groups excluding carboxylic acids is 1. The first-order valence-corrected chi connectivity index (χ1v) is 6.17. The molecule has 1 amide bonds. The molecule has 0 fully saturated rings. The standard InChI is InChI=1S/C14H23N3O2/c1-14(2,19-5)9-16-12-7-6-10(8-11(12)15)13(18)17(3)4/h6-8,16H,9,15H2,1-5H3. The molecule has 3 N–H and O–H groups in total. The van der Waals surface area contributed by atoms with Crippen LogP contribution >= 0.6 is 0 Å². The second-order valence-corrected chi connectivity index (χ2v) is 5.32. The van der Waals surface area contributed by atoms with Crippen molar-refractivity contribution in [2.24, 2.45) is 0 Å². The molecule has 0 aromatic heterocycles. The average Bonchev–Trinajstić information content (AvgIpc) is 2.36. The van der Waals surface area contributed by atoms with Crippen LogP contribution in [0, 0.1) is 0 Å². The van der Waals surface area contributed by atoms with Crippen molar-refractivity contribution in [3.05, 3.63) is 23.8 Å². The number of nitrogens with zero attached hydrogens (tertiary/aromatic N) is 1. The normalized spacial score (nSPS) is 11.2. The van der Waals surface area contributed by atoms with Gasteiger partial charge in [-0.2, -0.15) is 0 Å². The SMILES string of the molecule is COC(C)(C)CNc1ccc(C(=O)N(C)C)cc1N. The molecule has 0 saturated carbocycles. The highest BCUT2D eigenvalue weighted by Crippen LogP contribution is 2.21. The van der Waals surface area contributed by atoms with E-state index in [1.165, 1.54) is 4.90 Å². The average molecular weight is 265 g/mol. The number of carbonyl (C=O) groups is 1. The van der Waals surface area contributed by atoms with Crippen LogP contribution in [0.5, 0.6) is 0 Å². The lowest BCUT2D eigenvalue weighted by Crippen LogP contribution is -2.32. The molecule has 1 rings (SSSR count). The number of ether oxygens (including phenoxy) is 1. The number of hydrogen-bond donors (Lipinski definition) is 2. The Hall–Kier alpha value is -1.75. The maximum atomic E-state index is 11.8. The van der Waals surface area contributed by atoms with E-state index >= 15 is 0 Å². The molecule has 0 aliphatic rings. The van der Waals surface area contributed by atoms with Crippen molar-refractivity contribution in [2.75, 3.05) is 38.8 Å². The van der Waals surface area contributed by atoms with Crippen LogP contribution in [0.3, 0.4) is 0 Å². The lowest BCUT2D eigenvalue weighted by molar-refractivity contribution is 0.0344. The van der Waals surface area contributed by atoms with E-state index in [2.05, 4.69) is 5.32 Å². The summed E-state index contributed by atoms with van der Waals surface area (Å²) in [5, 5.41) is 3.22. The Morgan fingerprint density at radius 1 is 1.42 bits per heavy atom. The Labute approximate surface area is 114 Å². The van der Waals surface area contributed by atoms with Crippen LogP contribution in [-0.2, 0) is 4.74 Å². The third-order valence-electron chi connectivity index (χ3n) is 2.96. The second kappa shape index (κ2) is 5.93. The third kappa shape index (κ3) is 4.13. The van der Waals surface area contributed by atoms with Gasteiger partial charge in [0.05, 0.1) is 17.0 Å². The number of nitrogens with two attached hydrogens (primary N) is 1. The number of methoxy groups -OCH3 is 1. The molecule has 0 spiro atoms. The van der Waals surface area contributed by atoms with Crippen LogP contribution in [0.15, 0.2) is 18.2 Å². The number of nitrogens with one attached hydrogen (secondary N) is 1. The molecular weight excluding hydrogens is 242 g/mol. The van der Waals surface area contributed by atoms with E-state index in [-0.39, 0.29) is 11.5 Å². The predicted octanol–water partition coefficient (Wildman–Crippen LogP) is 1.81. The van der Waals surface area contributed by atoms with Gasteiger partial charge in [0, 0.05) is 33.3 Å². The van der Waals surface area contributed by atoms with Gasteiger partial charge in [-0.05, 0) is 32.0 Å². The number of anilines is 2. The Morgan fingerprint density at radius 2 is 2.05 bits per heavy atom. The largest absolute Gasteiger partial charge is 0.397 e. The maximum Gasteiger partial charge on any atom is 0.253 e. The summed E-state index contributed by atoms with van der Waals surface area (Å²) in [5.41, 5.74) is 7.63. The summed E-state index contributed by atoms with van der Waals surface area (Å²) in [7, 11) is 5.10. The molecule has 0 saturated heterocycles. The molecule has 106 valence electrons. The fourth-order valence-corrected chi connectivity index (χ4v) is 1.50. The summed E-state index contributed by atoms with van der Waals surface area (Å²) < 4.78 is 5.33. The number of amides is 1. The zero-order valence-corrected chi connectivity index (χ0v) is 12.3. The Bertz CT molecular complexity index is 456. The van der Waals surface area contributed by atoms with E-state index in [9.17, 15) is 4.79 Å². The first kappa shape index (κ1) is 15.3. The van der Waals surface area contributed by atoms with Crippen molar-refractivity contribution in [2.45, 2.75) is 19.4 Å². The molecule has 0 unspecified atom stereocenters. The van der Waals surface area contributed by atoms with Gasteiger partial charge in [-0.1, -0.05) is 0 Å². The Balaban J connectivity index is 2.81. The minimum absolute atomic E-state index is 0.0597. The summed E-state index contributed by atoms with van der Waals surface area (Å²) in [6.45, 7) is 4.61. The fourth-order valence-electron chi connectivity index (χ4n) is 1.50. The first-order chi connectivity index (χ1) is 8.76. The molecular formula is C14H23N3O2. The van der Waals surface area contributed by atoms with Crippen LogP contribution in [0.1, 0.15) is 24.2 Å². The maximum absolute atomic E-state index is 11.8. The van der Waals surface area contributed by atoms with Gasteiger partial charge in [0.2, 0.25) is 0 Å². The molecule has 0 atom stereocenters. The van der Waals surface area contributed by atoms with Crippen molar-refractivity contribution in [3.8, 4) is 0 Å². The van der Waals surface area contributed by atoms with Gasteiger partial charge < -0.3 is 20.7 Å². The van der Waals surface area contributed by atoms with Gasteiger partial charge in [-0.3, -0.25) is 4.79 Å². The van der Waals surface area contributed by atoms with Crippen LogP contribution in [0.25, 0.3) is 0 Å². The predicted molar refractivity (Wildman–Crippen MR) is 78.4 cm³/mol. The fraction of sp³-hybridized carbons (Fsp3) is 0.500. The zero-order chi connectivity index (χ0) is 14.6. The summed E-state index contributed by atoms with van der Waals surface area (Å²) in [5.74, 6) is -0.0597. The monoisotopic (exact) mass is 265 g/mol. The van der Waals surface area contributed by atoms with E-state index in [0.717, 1.165) is 5.69 Å². The molecule has 0 bridgehead atoms. The summed E-state index contributed by atoms with van der Waals surface area (Å²) in [6.07, 6.45) is 0. The molecule has 1 aromatic carbocycles. The van der Waals surface area contributed by atoms with Crippen LogP contribution < -0.4 is 11.1 Å². The minimum atomic E-state index is -0.273. The molecule has 5 heteroatoms. The summed E-state index contributed by atoms with van der Waals surface area (Å²) >= 11 is 0. The molecule has 19 heavy (non-hydrogen) atoms. The topological polar surface area (TPSA) is 67.6 Å². The number of benzene rings is 1. The minimum Gasteiger partial charge on any atom is -0.397 e. The zero-order valence-electron chi connectivity index (χ0n) is 12.3. The highest BCUT2D eigenvalue weighted by atomic mass is 16.5. The summed E-state index contributed by atoms with van der Waals surface area (Å²) in [6, 6.07) is 5.27. The molecule has 0 aliphatic heterocycles. The highest BCUT2D eigenvalue weighted by molar-refractivity contribution is 5.95. The van der Waals surface area contributed by atoms with Crippen molar-refractivity contribution in [1.29, 1.82) is 0 Å². The molecule has 0 aliphatic carbocycles. The quantitative estimate of drug-likeness (QED) is 0.797. The molecule has 0 heterocycles. The van der Waals surface area contributed by atoms with E-state index in [4.69, 9.17) is 10.5 Å². The van der Waals surface area contributed by atoms with Crippen molar-refractivity contribution >= 4 is 17.3 Å². The lowest BCUT2D eigenvalue weighted by atomic mass is 10.1. The Kier molecular flexibility index (Phi) is 4.78. The van der Waals surface area contributed by atoms with Gasteiger partial charge in [-0.25, -0.2) is 0 Å². The third-order valence-corrected chi connectivity index (χ3v) is 2.96. The van der Waals surface area contributed by atoms with Gasteiger partial charge in [0.15, 0.2) is 0 Å². The highest BCUT2D eigenvalue weighted by Gasteiger charge is 2.16. The van der Waals surface area contributed by atoms with Crippen molar-refractivity contribution in [3.63, 3.8) is 0 Å². The van der Waals surface area contributed by atoms with Crippen molar-refractivity contribution < 1.29 is 9.53 Å². The van der Waals surface area contributed by atoms with E-state index in [1.54, 1.807) is 33.3 Å². The van der Waals surface area contributed by atoms with E-state index in [1.807, 2.05) is 19.9 Å². The Morgan fingerprint density at radius 3 is 2.53 bits per heavy atom. The van der Waals surface area contributed by atoms with E-state index < -0.39 is 0 Å². The van der Waals surface area contributed by atoms with Crippen molar-refractivity contribution in [1.82, 2.24) is 4.90 Å². The summed E-state index contributed by atoms with van der Waals surface area (Å²) in [4.78, 5) is 13.3. The van der Waals surface area contributed by atoms with Crippen LogP contribution in [-0.4, -0.2) is 44.2 Å². The van der Waals surface area contributed by atoms with Gasteiger partial charge in [-0.15, -0.1) is 0 Å². The smallest absolute Gasteiger partial charge is 0.253 e. The molecule has 0 radical (unpaired) electrons. The van der Waals surface area contributed by atoms with Crippen LogP contribution in [0.2, 0.25) is 0 Å². The lowest BCUT2D eigenvalue weighted by Gasteiger charge is -2.24. The van der Waals surface area contributed by atoms with Crippen LogP contribution in [0.4, 0.5) is 11.4 Å². The molecule has 5 nitrogen and oxygen atoms in total. The number of nitrogen functional groups attached to an aromatic ring is 1. The first-order valence-electron chi connectivity index (χ1n) is 6.17. The van der Waals surface area contributed by atoms with Gasteiger partial charge in [0.25, 0.3) is 5.91 Å². The van der Waals surface area contributed by atoms with E-state index in [0.29, 0.717) is 17.8 Å². The second-order valence-electron chi connectivity index (χ2n) is 5.32. The number of hydrogen-bond acceptors (Lipinski definition) is 4.